The van der Waals surface area contributed by atoms with Crippen molar-refractivity contribution in [1.82, 2.24) is 0 Å². The van der Waals surface area contributed by atoms with E-state index in [1.165, 1.54) is 173 Å². The largest absolute Gasteiger partial charge is 0.462 e. The molecule has 1 unspecified atom stereocenters. The van der Waals surface area contributed by atoms with E-state index < -0.39 is 6.10 Å². The molecule has 0 aromatic rings. The molecule has 5 heteroatoms. The summed E-state index contributed by atoms with van der Waals surface area (Å²) in [7, 11) is 0. The van der Waals surface area contributed by atoms with Gasteiger partial charge < -0.3 is 14.2 Å². The predicted molar refractivity (Wildman–Crippen MR) is 297 cm³/mol. The van der Waals surface area contributed by atoms with Crippen molar-refractivity contribution in [1.29, 1.82) is 0 Å². The van der Waals surface area contributed by atoms with Gasteiger partial charge in [-0.2, -0.15) is 0 Å². The standard InChI is InChI=1S/C63H112O5/c1-4-7-10-13-16-19-22-25-28-31-32-34-35-38-41-44-47-50-53-56-62(64)67-60-61(59-66-58-55-52-49-46-43-40-37-30-27-24-21-18-15-12-9-6-3)68-63(65)57-54-51-48-45-42-39-36-33-29-26-23-20-17-14-11-8-5-2/h7,10,16,19,25,27-28,30,32,34,38,41,61H,4-6,8-9,11-15,17-18,20-24,26,29,31,33,35-37,39-40,42-60H2,1-3H3/b10-7-,19-16-,28-25-,30-27-,34-32-,41-38-. The minimum Gasteiger partial charge on any atom is -0.462 e. The molecule has 0 aliphatic heterocycles. The van der Waals surface area contributed by atoms with Crippen LogP contribution in [0.5, 0.6) is 0 Å². The summed E-state index contributed by atoms with van der Waals surface area (Å²) < 4.78 is 17.5. The third-order valence-electron chi connectivity index (χ3n) is 12.7. The molecule has 0 aromatic carbocycles. The third-order valence-corrected chi connectivity index (χ3v) is 12.7. The van der Waals surface area contributed by atoms with E-state index in [4.69, 9.17) is 14.2 Å². The number of hydrogen-bond donors (Lipinski definition) is 0. The lowest BCUT2D eigenvalue weighted by atomic mass is 10.0. The Labute approximate surface area is 423 Å². The van der Waals surface area contributed by atoms with Crippen molar-refractivity contribution in [3.63, 3.8) is 0 Å². The number of ether oxygens (including phenoxy) is 3. The lowest BCUT2D eigenvalue weighted by molar-refractivity contribution is -0.163. The second kappa shape index (κ2) is 58.7. The summed E-state index contributed by atoms with van der Waals surface area (Å²) in [5.41, 5.74) is 0. The highest BCUT2D eigenvalue weighted by Gasteiger charge is 2.17. The van der Waals surface area contributed by atoms with Crippen LogP contribution in [-0.2, 0) is 23.8 Å². The lowest BCUT2D eigenvalue weighted by Crippen LogP contribution is -2.30. The van der Waals surface area contributed by atoms with Crippen LogP contribution in [0.25, 0.3) is 0 Å². The van der Waals surface area contributed by atoms with Crippen LogP contribution in [0.4, 0.5) is 0 Å². The summed E-state index contributed by atoms with van der Waals surface area (Å²) in [5, 5.41) is 0. The molecule has 5 nitrogen and oxygen atoms in total. The molecule has 0 amide bonds. The van der Waals surface area contributed by atoms with Gasteiger partial charge in [-0.25, -0.2) is 0 Å². The van der Waals surface area contributed by atoms with Crippen LogP contribution in [0.3, 0.4) is 0 Å². The summed E-state index contributed by atoms with van der Waals surface area (Å²) in [4.78, 5) is 25.5. The van der Waals surface area contributed by atoms with Crippen LogP contribution >= 0.6 is 0 Å². The van der Waals surface area contributed by atoms with E-state index >= 15 is 0 Å². The molecule has 0 aliphatic rings. The van der Waals surface area contributed by atoms with Crippen LogP contribution in [0.15, 0.2) is 72.9 Å². The predicted octanol–water partition coefficient (Wildman–Crippen LogP) is 20.2. The van der Waals surface area contributed by atoms with Gasteiger partial charge in [0.05, 0.1) is 6.61 Å². The van der Waals surface area contributed by atoms with Gasteiger partial charge in [0.15, 0.2) is 6.10 Å². The summed E-state index contributed by atoms with van der Waals surface area (Å²) >= 11 is 0. The van der Waals surface area contributed by atoms with E-state index in [0.29, 0.717) is 19.4 Å². The molecule has 0 N–H and O–H groups in total. The highest BCUT2D eigenvalue weighted by molar-refractivity contribution is 5.70. The zero-order valence-electron chi connectivity index (χ0n) is 45.4. The molecule has 394 valence electrons. The highest BCUT2D eigenvalue weighted by Crippen LogP contribution is 2.16. The summed E-state index contributed by atoms with van der Waals surface area (Å²) in [6.45, 7) is 7.70. The van der Waals surface area contributed by atoms with Gasteiger partial charge in [-0.1, -0.05) is 261 Å². The molecule has 68 heavy (non-hydrogen) atoms. The van der Waals surface area contributed by atoms with Gasteiger partial charge in [-0.3, -0.25) is 9.59 Å². The van der Waals surface area contributed by atoms with Crippen molar-refractivity contribution < 1.29 is 23.8 Å². The van der Waals surface area contributed by atoms with Crippen LogP contribution in [0.1, 0.15) is 290 Å². The topological polar surface area (TPSA) is 61.8 Å². The summed E-state index contributed by atoms with van der Waals surface area (Å²) in [6.07, 6.45) is 76.4. The van der Waals surface area contributed by atoms with E-state index in [2.05, 4.69) is 93.7 Å². The van der Waals surface area contributed by atoms with Gasteiger partial charge >= 0.3 is 11.9 Å². The first-order valence-corrected chi connectivity index (χ1v) is 29.5. The monoisotopic (exact) mass is 949 g/mol. The van der Waals surface area contributed by atoms with Crippen molar-refractivity contribution in [2.24, 2.45) is 0 Å². The normalized spacial score (nSPS) is 12.7. The molecule has 0 fully saturated rings. The molecule has 0 aromatic heterocycles. The fraction of sp³-hybridized carbons (Fsp3) is 0.778. The van der Waals surface area contributed by atoms with Crippen LogP contribution in [0.2, 0.25) is 0 Å². The zero-order valence-corrected chi connectivity index (χ0v) is 45.4. The molecular weight excluding hydrogens is 837 g/mol. The highest BCUT2D eigenvalue weighted by atomic mass is 16.6. The average Bonchev–Trinajstić information content (AvgIpc) is 3.34. The van der Waals surface area contributed by atoms with Gasteiger partial charge in [0.1, 0.15) is 6.61 Å². The molecule has 0 saturated carbocycles. The molecule has 0 rings (SSSR count). The van der Waals surface area contributed by atoms with E-state index in [-0.39, 0.29) is 25.2 Å². The molecule has 0 saturated heterocycles. The van der Waals surface area contributed by atoms with Crippen LogP contribution in [0, 0.1) is 0 Å². The number of rotatable bonds is 54. The molecule has 0 heterocycles. The first kappa shape index (κ1) is 65.3. The van der Waals surface area contributed by atoms with Crippen molar-refractivity contribution in [3.05, 3.63) is 72.9 Å². The second-order valence-corrected chi connectivity index (χ2v) is 19.5. The van der Waals surface area contributed by atoms with Gasteiger partial charge in [-0.15, -0.1) is 0 Å². The van der Waals surface area contributed by atoms with Crippen molar-refractivity contribution in [3.8, 4) is 0 Å². The maximum absolute atomic E-state index is 12.9. The Morgan fingerprint density at radius 2 is 0.662 bits per heavy atom. The quantitative estimate of drug-likeness (QED) is 0.0345. The fourth-order valence-corrected chi connectivity index (χ4v) is 8.36. The zero-order chi connectivity index (χ0) is 49.2. The van der Waals surface area contributed by atoms with E-state index in [1.54, 1.807) is 0 Å². The van der Waals surface area contributed by atoms with Gasteiger partial charge in [-0.05, 0) is 89.9 Å². The Balaban J connectivity index is 4.33. The number of esters is 2. The van der Waals surface area contributed by atoms with Gasteiger partial charge in [0.2, 0.25) is 0 Å². The number of carbonyl (C=O) groups is 2. The van der Waals surface area contributed by atoms with Crippen molar-refractivity contribution >= 4 is 11.9 Å². The number of carbonyl (C=O) groups excluding carboxylic acids is 2. The lowest BCUT2D eigenvalue weighted by Gasteiger charge is -2.18. The first-order chi connectivity index (χ1) is 33.6. The summed E-state index contributed by atoms with van der Waals surface area (Å²) in [6, 6.07) is 0. The first-order valence-electron chi connectivity index (χ1n) is 29.5. The average molecular weight is 950 g/mol. The molecule has 0 spiro atoms. The fourth-order valence-electron chi connectivity index (χ4n) is 8.36. The van der Waals surface area contributed by atoms with Crippen molar-refractivity contribution in [2.45, 2.75) is 297 Å². The number of unbranched alkanes of at least 4 members (excludes halogenated alkanes) is 31. The Bertz CT molecular complexity index is 1210. The number of hydrogen-bond acceptors (Lipinski definition) is 5. The van der Waals surface area contributed by atoms with E-state index in [9.17, 15) is 9.59 Å². The van der Waals surface area contributed by atoms with E-state index in [0.717, 1.165) is 83.5 Å². The Hall–Kier alpha value is -2.66. The smallest absolute Gasteiger partial charge is 0.306 e. The van der Waals surface area contributed by atoms with E-state index in [1.807, 2.05) is 0 Å². The molecular formula is C63H112O5. The molecule has 0 bridgehead atoms. The molecule has 1 atom stereocenters. The minimum atomic E-state index is -0.554. The van der Waals surface area contributed by atoms with Crippen molar-refractivity contribution in [2.75, 3.05) is 19.8 Å². The summed E-state index contributed by atoms with van der Waals surface area (Å²) in [5.74, 6) is -0.426. The second-order valence-electron chi connectivity index (χ2n) is 19.5. The van der Waals surface area contributed by atoms with Gasteiger partial charge in [0, 0.05) is 19.4 Å². The maximum atomic E-state index is 12.9. The molecule has 0 aliphatic carbocycles. The maximum Gasteiger partial charge on any atom is 0.306 e. The Morgan fingerprint density at radius 1 is 0.338 bits per heavy atom. The molecule has 0 radical (unpaired) electrons. The number of allylic oxidation sites excluding steroid dienone is 12. The Morgan fingerprint density at radius 3 is 1.09 bits per heavy atom. The van der Waals surface area contributed by atoms with Crippen LogP contribution < -0.4 is 0 Å². The van der Waals surface area contributed by atoms with Crippen LogP contribution in [-0.4, -0.2) is 37.9 Å². The SMILES string of the molecule is CC/C=C\C/C=C\C/C=C\C/C=C\C/C=C\CCCCCC(=O)OCC(COCCCCCCCC/C=C\CCCCCCCC)OC(=O)CCCCCCCCCCCCCCCCCCC. The Kier molecular flexibility index (Phi) is 56.4. The minimum absolute atomic E-state index is 0.0665. The third kappa shape index (κ3) is 55.9. The van der Waals surface area contributed by atoms with Gasteiger partial charge in [0.25, 0.3) is 0 Å².